The zero-order valence-electron chi connectivity index (χ0n) is 14.7. The van der Waals surface area contributed by atoms with Crippen molar-refractivity contribution in [2.24, 2.45) is 24.1 Å². The van der Waals surface area contributed by atoms with Crippen molar-refractivity contribution in [3.63, 3.8) is 0 Å². The first-order valence-corrected chi connectivity index (χ1v) is 8.36. The highest BCUT2D eigenvalue weighted by molar-refractivity contribution is 5.59. The lowest BCUT2D eigenvalue weighted by Gasteiger charge is -2.43. The Morgan fingerprint density at radius 3 is 2.48 bits per heavy atom. The van der Waals surface area contributed by atoms with Crippen molar-refractivity contribution in [2.45, 2.75) is 39.0 Å². The van der Waals surface area contributed by atoms with E-state index in [1.165, 1.54) is 0 Å². The van der Waals surface area contributed by atoms with Gasteiger partial charge in [0.15, 0.2) is 5.41 Å². The Balaban J connectivity index is 2.40. The normalized spacial score (nSPS) is 24.6. The van der Waals surface area contributed by atoms with Crippen molar-refractivity contribution in [3.8, 4) is 18.2 Å². The van der Waals surface area contributed by atoms with E-state index in [9.17, 15) is 15.8 Å². The fourth-order valence-electron chi connectivity index (χ4n) is 4.42. The Hall–Kier alpha value is -3.04. The average molecular weight is 332 g/mol. The van der Waals surface area contributed by atoms with Crippen molar-refractivity contribution in [1.82, 2.24) is 9.78 Å². The summed E-state index contributed by atoms with van der Waals surface area (Å²) in [5.74, 6) is -0.489. The molecule has 0 saturated heterocycles. The van der Waals surface area contributed by atoms with Crippen molar-refractivity contribution in [3.05, 3.63) is 39.9 Å². The highest BCUT2D eigenvalue weighted by atomic mass is 15.3. The summed E-state index contributed by atoms with van der Waals surface area (Å²) in [7, 11) is 1.85. The maximum Gasteiger partial charge on any atom is 0.191 e. The smallest absolute Gasteiger partial charge is 0.191 e. The number of allylic oxidation sites excluding steroid dienone is 4. The van der Waals surface area contributed by atoms with Crippen LogP contribution in [0.15, 0.2) is 22.9 Å². The van der Waals surface area contributed by atoms with Crippen LogP contribution in [0.4, 0.5) is 0 Å². The average Bonchev–Trinajstić information content (AvgIpc) is 2.86. The van der Waals surface area contributed by atoms with Crippen molar-refractivity contribution in [1.29, 1.82) is 15.8 Å². The van der Waals surface area contributed by atoms with E-state index in [1.54, 1.807) is 4.68 Å². The Morgan fingerprint density at radius 2 is 1.96 bits per heavy atom. The van der Waals surface area contributed by atoms with Crippen LogP contribution >= 0.6 is 0 Å². The second-order valence-electron chi connectivity index (χ2n) is 6.81. The van der Waals surface area contributed by atoms with E-state index in [2.05, 4.69) is 23.3 Å². The zero-order chi connectivity index (χ0) is 18.4. The van der Waals surface area contributed by atoms with Crippen LogP contribution < -0.4 is 5.73 Å². The predicted octanol–water partition coefficient (Wildman–Crippen LogP) is 2.63. The molecule has 2 atom stereocenters. The number of fused-ring (bicyclic) bond motifs is 1. The molecule has 25 heavy (non-hydrogen) atoms. The molecule has 1 aromatic heterocycles. The first-order valence-electron chi connectivity index (χ1n) is 8.36. The summed E-state index contributed by atoms with van der Waals surface area (Å²) in [4.78, 5) is 0. The Morgan fingerprint density at radius 1 is 1.28 bits per heavy atom. The monoisotopic (exact) mass is 332 g/mol. The topological polar surface area (TPSA) is 115 Å². The molecule has 0 bridgehead atoms. The van der Waals surface area contributed by atoms with E-state index < -0.39 is 11.3 Å². The molecule has 0 aromatic carbocycles. The van der Waals surface area contributed by atoms with Crippen molar-refractivity contribution in [2.75, 3.05) is 0 Å². The highest BCUT2D eigenvalue weighted by Gasteiger charge is 2.55. The third kappa shape index (κ3) is 2.10. The van der Waals surface area contributed by atoms with E-state index >= 15 is 0 Å². The van der Waals surface area contributed by atoms with Crippen LogP contribution in [0.1, 0.15) is 42.1 Å². The van der Waals surface area contributed by atoms with Gasteiger partial charge in [-0.25, -0.2) is 0 Å². The number of hydrogen-bond acceptors (Lipinski definition) is 5. The molecule has 6 nitrogen and oxygen atoms in total. The fourth-order valence-corrected chi connectivity index (χ4v) is 4.42. The van der Waals surface area contributed by atoms with Crippen LogP contribution in [0.25, 0.3) is 0 Å². The second kappa shape index (κ2) is 5.80. The quantitative estimate of drug-likeness (QED) is 0.848. The van der Waals surface area contributed by atoms with Crippen LogP contribution in [0.5, 0.6) is 0 Å². The summed E-state index contributed by atoms with van der Waals surface area (Å²) in [5.41, 5.74) is 8.64. The molecule has 0 unspecified atom stereocenters. The van der Waals surface area contributed by atoms with Gasteiger partial charge in [0.2, 0.25) is 0 Å². The molecule has 1 aromatic rings. The van der Waals surface area contributed by atoms with E-state index in [4.69, 9.17) is 5.73 Å². The summed E-state index contributed by atoms with van der Waals surface area (Å²) in [5, 5.41) is 34.1. The van der Waals surface area contributed by atoms with E-state index in [1.807, 2.05) is 27.0 Å². The predicted molar refractivity (Wildman–Crippen MR) is 91.3 cm³/mol. The zero-order valence-corrected chi connectivity index (χ0v) is 14.7. The summed E-state index contributed by atoms with van der Waals surface area (Å²) in [6, 6.07) is 6.48. The lowest BCUT2D eigenvalue weighted by Crippen LogP contribution is -2.43. The molecule has 0 radical (unpaired) electrons. The molecule has 2 N–H and O–H groups in total. The summed E-state index contributed by atoms with van der Waals surface area (Å²) in [6.07, 6.45) is 4.73. The van der Waals surface area contributed by atoms with Crippen LogP contribution in [-0.4, -0.2) is 9.78 Å². The summed E-state index contributed by atoms with van der Waals surface area (Å²) in [6.45, 7) is 3.84. The van der Waals surface area contributed by atoms with E-state index in [-0.39, 0.29) is 11.6 Å². The van der Waals surface area contributed by atoms with Gasteiger partial charge in [0, 0.05) is 24.2 Å². The largest absolute Gasteiger partial charge is 0.399 e. The lowest BCUT2D eigenvalue weighted by atomic mass is 9.56. The molecule has 0 aliphatic heterocycles. The third-order valence-electron chi connectivity index (χ3n) is 5.68. The molecule has 2 aliphatic rings. The number of aryl methyl sites for hydroxylation is 2. The molecule has 1 heterocycles. The minimum atomic E-state index is -1.55. The van der Waals surface area contributed by atoms with Crippen LogP contribution in [0.3, 0.4) is 0 Å². The first-order chi connectivity index (χ1) is 11.9. The minimum Gasteiger partial charge on any atom is -0.399 e. The van der Waals surface area contributed by atoms with Gasteiger partial charge in [0.25, 0.3) is 0 Å². The Kier molecular flexibility index (Phi) is 3.90. The maximum atomic E-state index is 9.99. The molecule has 2 aliphatic carbocycles. The number of aromatic nitrogens is 2. The van der Waals surface area contributed by atoms with Gasteiger partial charge in [-0.3, -0.25) is 4.68 Å². The van der Waals surface area contributed by atoms with E-state index in [0.29, 0.717) is 5.57 Å². The molecule has 3 rings (SSSR count). The lowest BCUT2D eigenvalue weighted by molar-refractivity contribution is 0.315. The van der Waals surface area contributed by atoms with Gasteiger partial charge in [-0.2, -0.15) is 20.9 Å². The number of nitrogens with zero attached hydrogens (tertiary/aromatic N) is 5. The van der Waals surface area contributed by atoms with Gasteiger partial charge < -0.3 is 5.73 Å². The summed E-state index contributed by atoms with van der Waals surface area (Å²) < 4.78 is 1.77. The summed E-state index contributed by atoms with van der Waals surface area (Å²) >= 11 is 0. The van der Waals surface area contributed by atoms with Gasteiger partial charge in [-0.1, -0.05) is 6.08 Å². The van der Waals surface area contributed by atoms with Crippen LogP contribution in [0.2, 0.25) is 0 Å². The Labute approximate surface area is 147 Å². The van der Waals surface area contributed by atoms with Gasteiger partial charge in [0.05, 0.1) is 29.1 Å². The maximum absolute atomic E-state index is 9.99. The fraction of sp³-hybridized carbons (Fsp3) is 0.474. The number of nitriles is 3. The van der Waals surface area contributed by atoms with Gasteiger partial charge >= 0.3 is 0 Å². The third-order valence-corrected chi connectivity index (χ3v) is 5.68. The molecule has 0 fully saturated rings. The number of nitrogens with two attached hydrogens (primary N) is 1. The molecular formula is C19H20N6. The van der Waals surface area contributed by atoms with Crippen molar-refractivity contribution < 1.29 is 0 Å². The highest BCUT2D eigenvalue weighted by Crippen LogP contribution is 2.56. The SMILES string of the molecule is Cc1nn(C)c(C)c1[C@@H]1[C@@H]2CCCC=C2C(C#N)=C(N)C1(C#N)C#N. The molecule has 126 valence electrons. The van der Waals surface area contributed by atoms with Gasteiger partial charge in [-0.15, -0.1) is 0 Å². The van der Waals surface area contributed by atoms with Gasteiger partial charge in [0.1, 0.15) is 6.07 Å². The molecule has 0 spiro atoms. The van der Waals surface area contributed by atoms with Crippen molar-refractivity contribution >= 4 is 0 Å². The minimum absolute atomic E-state index is 0.0726. The second-order valence-corrected chi connectivity index (χ2v) is 6.81. The van der Waals surface area contributed by atoms with Gasteiger partial charge in [-0.05, 0) is 44.6 Å². The molecule has 0 saturated carbocycles. The number of rotatable bonds is 1. The number of hydrogen-bond donors (Lipinski definition) is 1. The standard InChI is InChI=1S/C19H20N6/c1-11-16(12(2)25(3)24-11)17-14-7-5-4-6-13(14)15(8-20)18(23)19(17,9-21)10-22/h6,14,17H,4-5,7,23H2,1-3H3/t14-,17+/m1/s1. The Bertz CT molecular complexity index is 911. The molecule has 0 amide bonds. The molecular weight excluding hydrogens is 312 g/mol. The van der Waals surface area contributed by atoms with Crippen LogP contribution in [0, 0.1) is 59.2 Å². The van der Waals surface area contributed by atoms with Crippen LogP contribution in [-0.2, 0) is 7.05 Å². The molecule has 6 heteroatoms. The first kappa shape index (κ1) is 16.8. The van der Waals surface area contributed by atoms with E-state index in [0.717, 1.165) is 41.8 Å².